The highest BCUT2D eigenvalue weighted by atomic mass is 31.1. The third-order valence-corrected chi connectivity index (χ3v) is 3.10. The van der Waals surface area contributed by atoms with E-state index in [2.05, 4.69) is 39.7 Å². The molecule has 0 aliphatic heterocycles. The summed E-state index contributed by atoms with van der Waals surface area (Å²) in [6.07, 6.45) is -3.04. The Morgan fingerprint density at radius 3 is 1.46 bits per heavy atom. The van der Waals surface area contributed by atoms with Gasteiger partial charge < -0.3 is 19.3 Å². The Morgan fingerprint density at radius 1 is 0.893 bits per heavy atom. The van der Waals surface area contributed by atoms with E-state index in [0.29, 0.717) is 0 Å². The minimum Gasteiger partial charge on any atom is -0.382 e. The lowest BCUT2D eigenvalue weighted by atomic mass is 10.5. The number of ether oxygens (including phenoxy) is 2. The van der Waals surface area contributed by atoms with E-state index < -0.39 is 26.9 Å². The fourth-order valence-corrected chi connectivity index (χ4v) is 1.64. The molecule has 2 amide bonds. The van der Waals surface area contributed by atoms with Crippen molar-refractivity contribution in [3.8, 4) is 0 Å². The van der Waals surface area contributed by atoms with Gasteiger partial charge in [0.25, 0.3) is 0 Å². The van der Waals surface area contributed by atoms with Crippen LogP contribution in [0, 0.1) is 0 Å². The van der Waals surface area contributed by atoms with Crippen LogP contribution in [-0.4, -0.2) is 60.3 Å². The SMILES string of the molecule is CC(C)ONC(=O)OC(OC(=O)NOC(C)C)O[PH](=O)O.CCN(CC)CC. The standard InChI is InChI=1S/C9H19N2O9P.C6H15N/c1-5(2)18-10-7(12)16-9(20-21(14)15)17-8(13)11-19-6(3)4;1-4-7(5-2)6-3/h5-6,9,21H,1-4H3,(H,10,12)(H,11,13)(H,14,15);4-6H2,1-3H3. The first kappa shape index (κ1) is 28.8. The highest BCUT2D eigenvalue weighted by Crippen LogP contribution is 2.19. The van der Waals surface area contributed by atoms with Crippen LogP contribution in [0.1, 0.15) is 48.5 Å². The van der Waals surface area contributed by atoms with Crippen molar-refractivity contribution in [2.24, 2.45) is 0 Å². The molecule has 0 heterocycles. The Kier molecular flexibility index (Phi) is 18.1. The lowest BCUT2D eigenvalue weighted by Crippen LogP contribution is -2.37. The average molecular weight is 431 g/mol. The Hall–Kier alpha value is -1.43. The van der Waals surface area contributed by atoms with Crippen LogP contribution in [0.5, 0.6) is 0 Å². The van der Waals surface area contributed by atoms with E-state index in [0.717, 1.165) is 0 Å². The van der Waals surface area contributed by atoms with E-state index in [4.69, 9.17) is 14.6 Å². The van der Waals surface area contributed by atoms with Gasteiger partial charge in [-0.1, -0.05) is 20.8 Å². The first-order chi connectivity index (χ1) is 13.0. The number of carbonyl (C=O) groups is 2. The average Bonchev–Trinajstić information content (AvgIpc) is 2.59. The van der Waals surface area contributed by atoms with Crippen molar-refractivity contribution in [1.82, 2.24) is 15.9 Å². The molecule has 28 heavy (non-hydrogen) atoms. The predicted octanol–water partition coefficient (Wildman–Crippen LogP) is 2.15. The molecule has 0 radical (unpaired) electrons. The summed E-state index contributed by atoms with van der Waals surface area (Å²) < 4.78 is 23.6. The molecule has 0 saturated heterocycles. The number of carbonyl (C=O) groups excluding carboxylic acids is 2. The molecule has 12 nitrogen and oxygen atoms in total. The first-order valence-electron chi connectivity index (χ1n) is 8.91. The van der Waals surface area contributed by atoms with Gasteiger partial charge in [-0.2, -0.15) is 11.0 Å². The largest absolute Gasteiger partial charge is 0.436 e. The monoisotopic (exact) mass is 431 g/mol. The molecule has 0 spiro atoms. The van der Waals surface area contributed by atoms with E-state index in [9.17, 15) is 14.2 Å². The fraction of sp³-hybridized carbons (Fsp3) is 0.867. The molecule has 1 unspecified atom stereocenters. The molecule has 1 atom stereocenters. The second-order valence-corrected chi connectivity index (χ2v) is 6.41. The number of hydrogen-bond donors (Lipinski definition) is 3. The van der Waals surface area contributed by atoms with E-state index in [1.54, 1.807) is 27.7 Å². The quantitative estimate of drug-likeness (QED) is 0.253. The zero-order valence-corrected chi connectivity index (χ0v) is 18.5. The highest BCUT2D eigenvalue weighted by Gasteiger charge is 2.22. The van der Waals surface area contributed by atoms with Crippen LogP contribution in [0.25, 0.3) is 0 Å². The third-order valence-electron chi connectivity index (χ3n) is 2.70. The molecule has 0 bridgehead atoms. The first-order valence-corrected chi connectivity index (χ1v) is 10.2. The van der Waals surface area contributed by atoms with Crippen molar-refractivity contribution < 1.29 is 42.7 Å². The normalized spacial score (nSPS) is 11.9. The minimum atomic E-state index is -3.53. The van der Waals surface area contributed by atoms with Gasteiger partial charge >= 0.3 is 26.9 Å². The summed E-state index contributed by atoms with van der Waals surface area (Å²) in [5, 5.41) is 0. The summed E-state index contributed by atoms with van der Waals surface area (Å²) in [7, 11) is -3.53. The van der Waals surface area contributed by atoms with Crippen molar-refractivity contribution >= 4 is 20.4 Å². The Morgan fingerprint density at radius 2 is 1.25 bits per heavy atom. The lowest BCUT2D eigenvalue weighted by molar-refractivity contribution is -0.193. The lowest BCUT2D eigenvalue weighted by Gasteiger charge is -2.17. The van der Waals surface area contributed by atoms with Gasteiger partial charge in [-0.3, -0.25) is 14.2 Å². The van der Waals surface area contributed by atoms with E-state index in [1.807, 2.05) is 11.0 Å². The summed E-state index contributed by atoms with van der Waals surface area (Å²) in [6.45, 7) is 14.6. The van der Waals surface area contributed by atoms with Crippen molar-refractivity contribution in [3.05, 3.63) is 0 Å². The van der Waals surface area contributed by atoms with E-state index in [-0.39, 0.29) is 12.2 Å². The summed E-state index contributed by atoms with van der Waals surface area (Å²) in [5.74, 6) is 0. The molecule has 0 aliphatic carbocycles. The number of hydroxylamine groups is 2. The molecular formula is C15H34N3O9P. The summed E-state index contributed by atoms with van der Waals surface area (Å²) in [6, 6.07) is 0. The minimum absolute atomic E-state index is 0.336. The summed E-state index contributed by atoms with van der Waals surface area (Å²) in [5.41, 5.74) is 3.71. The molecule has 3 N–H and O–H groups in total. The van der Waals surface area contributed by atoms with E-state index in [1.165, 1.54) is 19.6 Å². The fourth-order valence-electron chi connectivity index (χ4n) is 1.38. The van der Waals surface area contributed by atoms with Gasteiger partial charge in [-0.25, -0.2) is 14.1 Å². The molecule has 0 aromatic rings. The maximum Gasteiger partial charge on any atom is 0.436 e. The van der Waals surface area contributed by atoms with Crippen LogP contribution < -0.4 is 11.0 Å². The Balaban J connectivity index is 0. The molecule has 0 aliphatic rings. The van der Waals surface area contributed by atoms with Crippen LogP contribution in [0.15, 0.2) is 0 Å². The second kappa shape index (κ2) is 17.7. The smallest absolute Gasteiger partial charge is 0.382 e. The molecule has 0 fully saturated rings. The maximum absolute atomic E-state index is 11.2. The zero-order valence-electron chi connectivity index (χ0n) is 17.5. The maximum atomic E-state index is 11.2. The number of rotatable bonds is 11. The summed E-state index contributed by atoms with van der Waals surface area (Å²) in [4.78, 5) is 42.9. The van der Waals surface area contributed by atoms with Crippen LogP contribution in [0.4, 0.5) is 9.59 Å². The highest BCUT2D eigenvalue weighted by molar-refractivity contribution is 7.32. The van der Waals surface area contributed by atoms with Crippen molar-refractivity contribution in [3.63, 3.8) is 0 Å². The van der Waals surface area contributed by atoms with Gasteiger partial charge in [-0.15, -0.1) is 0 Å². The Labute approximate surface area is 166 Å². The number of hydrogen-bond acceptors (Lipinski definition) is 9. The molecule has 0 rings (SSSR count). The van der Waals surface area contributed by atoms with Crippen molar-refractivity contribution in [2.45, 2.75) is 67.2 Å². The van der Waals surface area contributed by atoms with Gasteiger partial charge in [0.15, 0.2) is 0 Å². The predicted molar refractivity (Wildman–Crippen MR) is 101 cm³/mol. The van der Waals surface area contributed by atoms with Crippen molar-refractivity contribution in [1.29, 1.82) is 0 Å². The molecule has 168 valence electrons. The van der Waals surface area contributed by atoms with Gasteiger partial charge in [0.05, 0.1) is 12.2 Å². The third kappa shape index (κ3) is 19.3. The van der Waals surface area contributed by atoms with Gasteiger partial charge in [-0.05, 0) is 47.3 Å². The molecule has 0 aromatic heterocycles. The number of nitrogens with one attached hydrogen (secondary N) is 2. The second-order valence-electron chi connectivity index (χ2n) is 5.64. The molecule has 13 heteroatoms. The molecular weight excluding hydrogens is 397 g/mol. The van der Waals surface area contributed by atoms with Crippen LogP contribution in [0.2, 0.25) is 0 Å². The zero-order chi connectivity index (χ0) is 22.1. The van der Waals surface area contributed by atoms with Crippen LogP contribution in [0.3, 0.4) is 0 Å². The topological polar surface area (TPSA) is 145 Å². The molecule has 0 saturated carbocycles. The van der Waals surface area contributed by atoms with Crippen LogP contribution >= 0.6 is 8.25 Å². The van der Waals surface area contributed by atoms with Crippen molar-refractivity contribution in [2.75, 3.05) is 19.6 Å². The van der Waals surface area contributed by atoms with Gasteiger partial charge in [0.2, 0.25) is 0 Å². The molecule has 0 aromatic carbocycles. The van der Waals surface area contributed by atoms with Crippen LogP contribution in [-0.2, 0) is 28.2 Å². The summed E-state index contributed by atoms with van der Waals surface area (Å²) >= 11 is 0. The number of nitrogens with zero attached hydrogens (tertiary/aromatic N) is 1. The Bertz CT molecular complexity index is 417. The van der Waals surface area contributed by atoms with Gasteiger partial charge in [0.1, 0.15) is 0 Å². The van der Waals surface area contributed by atoms with Gasteiger partial charge in [0, 0.05) is 0 Å². The van der Waals surface area contributed by atoms with E-state index >= 15 is 0 Å². The number of amides is 2.